The molecule has 1 atom stereocenters. The second-order valence-electron chi connectivity index (χ2n) is 3.94. The lowest BCUT2D eigenvalue weighted by Gasteiger charge is -2.12. The Morgan fingerprint density at radius 1 is 1.50 bits per heavy atom. The van der Waals surface area contributed by atoms with E-state index in [1.54, 1.807) is 12.1 Å². The summed E-state index contributed by atoms with van der Waals surface area (Å²) >= 11 is 0. The number of sulfonamides is 1. The monoisotopic (exact) mass is 298 g/mol. The van der Waals surface area contributed by atoms with Crippen LogP contribution in [0.15, 0.2) is 24.3 Å². The van der Waals surface area contributed by atoms with E-state index < -0.39 is 27.8 Å². The zero-order valence-electron chi connectivity index (χ0n) is 10.7. The SMILES string of the molecule is COC(CNS(=O)(=O)Cc1ccccc1C#N)C(=O)O. The molecule has 0 heterocycles. The number of benzene rings is 1. The molecule has 0 radical (unpaired) electrons. The van der Waals surface area contributed by atoms with Crippen LogP contribution in [0.1, 0.15) is 11.1 Å². The molecule has 0 saturated heterocycles. The first kappa shape index (κ1) is 16.1. The molecule has 0 bridgehead atoms. The topological polar surface area (TPSA) is 116 Å². The normalized spacial score (nSPS) is 12.6. The maximum Gasteiger partial charge on any atom is 0.334 e. The number of rotatable bonds is 7. The minimum atomic E-state index is -3.75. The fourth-order valence-corrected chi connectivity index (χ4v) is 2.65. The van der Waals surface area contributed by atoms with Gasteiger partial charge in [-0.2, -0.15) is 5.26 Å². The van der Waals surface area contributed by atoms with Crippen molar-refractivity contribution in [2.45, 2.75) is 11.9 Å². The van der Waals surface area contributed by atoms with Gasteiger partial charge in [-0.05, 0) is 11.6 Å². The van der Waals surface area contributed by atoms with Gasteiger partial charge in [0.25, 0.3) is 0 Å². The Morgan fingerprint density at radius 3 is 2.70 bits per heavy atom. The smallest absolute Gasteiger partial charge is 0.334 e. The van der Waals surface area contributed by atoms with E-state index in [0.29, 0.717) is 5.56 Å². The number of hydrogen-bond acceptors (Lipinski definition) is 5. The number of nitrogens with zero attached hydrogens (tertiary/aromatic N) is 1. The van der Waals surface area contributed by atoms with Gasteiger partial charge in [-0.1, -0.05) is 18.2 Å². The quantitative estimate of drug-likeness (QED) is 0.736. The van der Waals surface area contributed by atoms with E-state index >= 15 is 0 Å². The Kier molecular flexibility index (Phi) is 5.64. The van der Waals surface area contributed by atoms with E-state index in [-0.39, 0.29) is 12.1 Å². The van der Waals surface area contributed by atoms with Gasteiger partial charge in [0.1, 0.15) is 0 Å². The summed E-state index contributed by atoms with van der Waals surface area (Å²) in [7, 11) is -2.57. The Balaban J connectivity index is 2.76. The van der Waals surface area contributed by atoms with Gasteiger partial charge in [-0.15, -0.1) is 0 Å². The minimum Gasteiger partial charge on any atom is -0.479 e. The standard InChI is InChI=1S/C12H14N2O5S/c1-19-11(12(15)16)7-14-20(17,18)8-10-5-3-2-4-9(10)6-13/h2-5,11,14H,7-8H2,1H3,(H,15,16). The summed E-state index contributed by atoms with van der Waals surface area (Å²) in [5.74, 6) is -1.65. The lowest BCUT2D eigenvalue weighted by Crippen LogP contribution is -2.38. The van der Waals surface area contributed by atoms with Gasteiger partial charge in [0.15, 0.2) is 6.10 Å². The van der Waals surface area contributed by atoms with Gasteiger partial charge in [-0.25, -0.2) is 17.9 Å². The lowest BCUT2D eigenvalue weighted by atomic mass is 10.1. The van der Waals surface area contributed by atoms with E-state index in [4.69, 9.17) is 10.4 Å². The van der Waals surface area contributed by atoms with Crippen LogP contribution in [-0.2, 0) is 25.3 Å². The van der Waals surface area contributed by atoms with E-state index in [9.17, 15) is 13.2 Å². The Bertz CT molecular complexity index is 621. The molecule has 0 aromatic heterocycles. The molecule has 0 saturated carbocycles. The average molecular weight is 298 g/mol. The molecular weight excluding hydrogens is 284 g/mol. The summed E-state index contributed by atoms with van der Waals surface area (Å²) in [4.78, 5) is 10.7. The second-order valence-corrected chi connectivity index (χ2v) is 5.75. The summed E-state index contributed by atoms with van der Waals surface area (Å²) in [6, 6.07) is 8.20. The average Bonchev–Trinajstić information content (AvgIpc) is 2.39. The van der Waals surface area contributed by atoms with E-state index in [2.05, 4.69) is 9.46 Å². The zero-order valence-corrected chi connectivity index (χ0v) is 11.6. The van der Waals surface area contributed by atoms with E-state index in [1.165, 1.54) is 19.2 Å². The van der Waals surface area contributed by atoms with Crippen LogP contribution in [0.2, 0.25) is 0 Å². The van der Waals surface area contributed by atoms with Gasteiger partial charge in [-0.3, -0.25) is 0 Å². The van der Waals surface area contributed by atoms with Gasteiger partial charge in [0.2, 0.25) is 10.0 Å². The fraction of sp³-hybridized carbons (Fsp3) is 0.333. The third kappa shape index (κ3) is 4.62. The van der Waals surface area contributed by atoms with Crippen LogP contribution in [0, 0.1) is 11.3 Å². The Morgan fingerprint density at radius 2 is 2.15 bits per heavy atom. The highest BCUT2D eigenvalue weighted by Gasteiger charge is 2.20. The van der Waals surface area contributed by atoms with Gasteiger partial charge >= 0.3 is 5.97 Å². The first-order valence-electron chi connectivity index (χ1n) is 5.60. The maximum atomic E-state index is 11.8. The van der Waals surface area contributed by atoms with Crippen molar-refractivity contribution in [2.75, 3.05) is 13.7 Å². The predicted octanol–water partition coefficient (Wildman–Crippen LogP) is 0.0773. The van der Waals surface area contributed by atoms with Gasteiger partial charge in [0.05, 0.1) is 17.4 Å². The van der Waals surface area contributed by atoms with Crippen molar-refractivity contribution in [3.8, 4) is 6.07 Å². The van der Waals surface area contributed by atoms with Gasteiger partial charge in [0, 0.05) is 13.7 Å². The minimum absolute atomic E-state index is 0.263. The van der Waals surface area contributed by atoms with E-state index in [0.717, 1.165) is 0 Å². The van der Waals surface area contributed by atoms with E-state index in [1.807, 2.05) is 6.07 Å². The van der Waals surface area contributed by atoms with Crippen LogP contribution in [0.25, 0.3) is 0 Å². The molecule has 0 amide bonds. The third-order valence-corrected chi connectivity index (χ3v) is 3.83. The molecule has 0 spiro atoms. The number of methoxy groups -OCH3 is 1. The molecule has 8 heteroatoms. The number of nitrogens with one attached hydrogen (secondary N) is 1. The highest BCUT2D eigenvalue weighted by atomic mass is 32.2. The molecule has 20 heavy (non-hydrogen) atoms. The Labute approximate surface area is 116 Å². The van der Waals surface area contributed by atoms with Crippen LogP contribution in [0.4, 0.5) is 0 Å². The summed E-state index contributed by atoms with van der Waals surface area (Å²) in [5, 5.41) is 17.6. The van der Waals surface area contributed by atoms with Crippen molar-refractivity contribution in [1.29, 1.82) is 5.26 Å². The van der Waals surface area contributed by atoms with Crippen molar-refractivity contribution in [3.05, 3.63) is 35.4 Å². The number of hydrogen-bond donors (Lipinski definition) is 2. The van der Waals surface area contributed by atoms with Crippen molar-refractivity contribution in [2.24, 2.45) is 0 Å². The molecule has 1 aromatic rings. The number of nitriles is 1. The van der Waals surface area contributed by atoms with Crippen molar-refractivity contribution in [3.63, 3.8) is 0 Å². The molecule has 0 aliphatic heterocycles. The number of carboxylic acids is 1. The highest BCUT2D eigenvalue weighted by Crippen LogP contribution is 2.10. The van der Waals surface area contributed by atoms with Gasteiger partial charge < -0.3 is 9.84 Å². The molecule has 1 unspecified atom stereocenters. The predicted molar refractivity (Wildman–Crippen MR) is 70.2 cm³/mol. The third-order valence-electron chi connectivity index (χ3n) is 2.53. The molecule has 7 nitrogen and oxygen atoms in total. The molecule has 1 rings (SSSR count). The first-order valence-corrected chi connectivity index (χ1v) is 7.26. The van der Waals surface area contributed by atoms with Crippen LogP contribution in [-0.4, -0.2) is 39.3 Å². The molecule has 0 aliphatic carbocycles. The number of aliphatic carboxylic acids is 1. The van der Waals surface area contributed by atoms with Crippen molar-refractivity contribution in [1.82, 2.24) is 4.72 Å². The van der Waals surface area contributed by atoms with Crippen LogP contribution >= 0.6 is 0 Å². The van der Waals surface area contributed by atoms with Crippen molar-refractivity contribution < 1.29 is 23.1 Å². The molecular formula is C12H14N2O5S. The van der Waals surface area contributed by atoms with Crippen LogP contribution in [0.3, 0.4) is 0 Å². The maximum absolute atomic E-state index is 11.8. The van der Waals surface area contributed by atoms with Crippen molar-refractivity contribution >= 4 is 16.0 Å². The fourth-order valence-electron chi connectivity index (χ4n) is 1.49. The zero-order chi connectivity index (χ0) is 15.2. The molecule has 0 aliphatic rings. The summed E-state index contributed by atoms with van der Waals surface area (Å²) < 4.78 is 30.5. The first-order chi connectivity index (χ1) is 9.39. The second kappa shape index (κ2) is 7.00. The van der Waals surface area contributed by atoms with Crippen LogP contribution < -0.4 is 4.72 Å². The Hall–Kier alpha value is -1.95. The van der Waals surface area contributed by atoms with Crippen LogP contribution in [0.5, 0.6) is 0 Å². The summed E-state index contributed by atoms with van der Waals surface area (Å²) in [5.41, 5.74) is 0.617. The summed E-state index contributed by atoms with van der Waals surface area (Å²) in [6.07, 6.45) is -1.25. The lowest BCUT2D eigenvalue weighted by molar-refractivity contribution is -0.147. The summed E-state index contributed by atoms with van der Waals surface area (Å²) in [6.45, 7) is -0.372. The molecule has 2 N–H and O–H groups in total. The number of carboxylic acid groups (broad SMARTS) is 1. The number of carbonyl (C=O) groups is 1. The number of ether oxygens (including phenoxy) is 1. The largest absolute Gasteiger partial charge is 0.479 e. The highest BCUT2D eigenvalue weighted by molar-refractivity contribution is 7.88. The molecule has 0 fully saturated rings. The molecule has 108 valence electrons. The molecule has 1 aromatic carbocycles.